The second-order valence-electron chi connectivity index (χ2n) is 6.78. The Morgan fingerprint density at radius 1 is 1.23 bits per heavy atom. The van der Waals surface area contributed by atoms with Gasteiger partial charge in [-0.3, -0.25) is 9.36 Å². The fourth-order valence-corrected chi connectivity index (χ4v) is 4.33. The standard InChI is InChI=1S/C23H22N4O2S/c1-4-13-27-22(17-10-6-8-12-20(17)29-3)25-26-23(27)30-15(2)21(28)18-14-24-19-11-7-5-9-16(18)19/h4-12,14-15,24H,1,13H2,2-3H3. The van der Waals surface area contributed by atoms with Crippen LogP contribution in [0.3, 0.4) is 0 Å². The topological polar surface area (TPSA) is 72.8 Å². The van der Waals surface area contributed by atoms with Crippen LogP contribution in [0, 0.1) is 0 Å². The average molecular weight is 419 g/mol. The van der Waals surface area contributed by atoms with Crippen LogP contribution in [0.5, 0.6) is 5.75 Å². The van der Waals surface area contributed by atoms with Gasteiger partial charge in [-0.1, -0.05) is 48.2 Å². The normalized spacial score (nSPS) is 12.1. The quantitative estimate of drug-likeness (QED) is 0.248. The SMILES string of the molecule is C=CCn1c(SC(C)C(=O)c2c[nH]c3ccccc23)nnc1-c1ccccc1OC. The van der Waals surface area contributed by atoms with E-state index < -0.39 is 0 Å². The van der Waals surface area contributed by atoms with E-state index in [-0.39, 0.29) is 11.0 Å². The lowest BCUT2D eigenvalue weighted by Gasteiger charge is -2.12. The van der Waals surface area contributed by atoms with Gasteiger partial charge in [0.1, 0.15) is 5.75 Å². The van der Waals surface area contributed by atoms with Gasteiger partial charge in [-0.25, -0.2) is 0 Å². The molecule has 6 nitrogen and oxygen atoms in total. The van der Waals surface area contributed by atoms with E-state index in [1.807, 2.05) is 60.0 Å². The van der Waals surface area contributed by atoms with Gasteiger partial charge in [0.05, 0.1) is 17.9 Å². The monoisotopic (exact) mass is 418 g/mol. The van der Waals surface area contributed by atoms with Crippen LogP contribution in [0.25, 0.3) is 22.3 Å². The number of aromatic amines is 1. The van der Waals surface area contributed by atoms with Gasteiger partial charge < -0.3 is 9.72 Å². The number of benzene rings is 2. The summed E-state index contributed by atoms with van der Waals surface area (Å²) < 4.78 is 7.43. The molecule has 0 aliphatic carbocycles. The van der Waals surface area contributed by atoms with Crippen molar-refractivity contribution < 1.29 is 9.53 Å². The highest BCUT2D eigenvalue weighted by Gasteiger charge is 2.24. The van der Waals surface area contributed by atoms with Gasteiger partial charge in [0.25, 0.3) is 0 Å². The summed E-state index contributed by atoms with van der Waals surface area (Å²) in [6.45, 7) is 6.27. The predicted molar refractivity (Wildman–Crippen MR) is 120 cm³/mol. The van der Waals surface area contributed by atoms with Crippen LogP contribution in [0.2, 0.25) is 0 Å². The second kappa shape index (κ2) is 8.59. The fraction of sp³-hybridized carbons (Fsp3) is 0.174. The highest BCUT2D eigenvalue weighted by Crippen LogP contribution is 2.33. The number of rotatable bonds is 8. The molecule has 0 radical (unpaired) electrons. The zero-order valence-electron chi connectivity index (χ0n) is 16.8. The largest absolute Gasteiger partial charge is 0.496 e. The fourth-order valence-electron chi connectivity index (χ4n) is 3.40. The van der Waals surface area contributed by atoms with E-state index in [0.717, 1.165) is 22.2 Å². The molecule has 1 atom stereocenters. The minimum Gasteiger partial charge on any atom is -0.496 e. The number of nitrogens with one attached hydrogen (secondary N) is 1. The number of carbonyl (C=O) groups is 1. The van der Waals surface area contributed by atoms with Crippen molar-refractivity contribution in [3.8, 4) is 17.1 Å². The summed E-state index contributed by atoms with van der Waals surface area (Å²) in [4.78, 5) is 16.3. The predicted octanol–water partition coefficient (Wildman–Crippen LogP) is 4.98. The molecule has 152 valence electrons. The number of Topliss-reactive ketones (excluding diaryl/α,β-unsaturated/α-hetero) is 1. The summed E-state index contributed by atoms with van der Waals surface area (Å²) >= 11 is 1.39. The molecule has 2 aromatic heterocycles. The number of hydrogen-bond acceptors (Lipinski definition) is 5. The summed E-state index contributed by atoms with van der Waals surface area (Å²) in [5.41, 5.74) is 2.48. The van der Waals surface area contributed by atoms with Crippen molar-refractivity contribution in [3.63, 3.8) is 0 Å². The van der Waals surface area contributed by atoms with Crippen LogP contribution in [0.4, 0.5) is 0 Å². The van der Waals surface area contributed by atoms with Crippen LogP contribution in [-0.2, 0) is 6.54 Å². The summed E-state index contributed by atoms with van der Waals surface area (Å²) in [5.74, 6) is 1.45. The number of aromatic nitrogens is 4. The number of allylic oxidation sites excluding steroid dienone is 1. The molecular weight excluding hydrogens is 396 g/mol. The van der Waals surface area contributed by atoms with Crippen molar-refractivity contribution >= 4 is 28.4 Å². The molecule has 2 aromatic carbocycles. The average Bonchev–Trinajstić information content (AvgIpc) is 3.38. The van der Waals surface area contributed by atoms with Crippen molar-refractivity contribution in [2.75, 3.05) is 7.11 Å². The van der Waals surface area contributed by atoms with E-state index in [0.29, 0.717) is 23.1 Å². The zero-order chi connectivity index (χ0) is 21.1. The number of ketones is 1. The van der Waals surface area contributed by atoms with Crippen molar-refractivity contribution in [2.24, 2.45) is 0 Å². The molecule has 0 amide bonds. The Bertz CT molecular complexity index is 1210. The Kier molecular flexibility index (Phi) is 5.72. The third-order valence-corrected chi connectivity index (χ3v) is 5.96. The first-order valence-electron chi connectivity index (χ1n) is 9.58. The summed E-state index contributed by atoms with van der Waals surface area (Å²) in [5, 5.41) is 10.0. The number of ether oxygens (including phenoxy) is 1. The molecule has 0 aliphatic rings. The van der Waals surface area contributed by atoms with Gasteiger partial charge in [-0.05, 0) is 25.1 Å². The van der Waals surface area contributed by atoms with Crippen LogP contribution in [0.1, 0.15) is 17.3 Å². The number of methoxy groups -OCH3 is 1. The number of H-pyrrole nitrogens is 1. The van der Waals surface area contributed by atoms with Crippen LogP contribution < -0.4 is 4.74 Å². The molecule has 0 aliphatic heterocycles. The minimum absolute atomic E-state index is 0.0458. The Morgan fingerprint density at radius 3 is 2.80 bits per heavy atom. The molecule has 0 spiro atoms. The maximum atomic E-state index is 13.1. The highest BCUT2D eigenvalue weighted by atomic mass is 32.2. The van der Waals surface area contributed by atoms with Gasteiger partial charge in [0.2, 0.25) is 0 Å². The lowest BCUT2D eigenvalue weighted by atomic mass is 10.1. The van der Waals surface area contributed by atoms with Crippen LogP contribution in [0.15, 0.2) is 72.5 Å². The molecule has 30 heavy (non-hydrogen) atoms. The van der Waals surface area contributed by atoms with Crippen molar-refractivity contribution in [2.45, 2.75) is 23.9 Å². The number of nitrogens with zero attached hydrogens (tertiary/aromatic N) is 3. The number of para-hydroxylation sites is 2. The number of thioether (sulfide) groups is 1. The first-order chi connectivity index (χ1) is 14.6. The molecule has 1 unspecified atom stereocenters. The third kappa shape index (κ3) is 3.64. The molecule has 0 saturated carbocycles. The van der Waals surface area contributed by atoms with Gasteiger partial charge in [-0.15, -0.1) is 16.8 Å². The molecule has 4 rings (SSSR count). The van der Waals surface area contributed by atoms with Gasteiger partial charge in [0, 0.05) is 29.2 Å². The summed E-state index contributed by atoms with van der Waals surface area (Å²) in [6, 6.07) is 15.5. The van der Waals surface area contributed by atoms with Gasteiger partial charge in [0.15, 0.2) is 16.8 Å². The maximum Gasteiger partial charge on any atom is 0.192 e. The summed E-state index contributed by atoms with van der Waals surface area (Å²) in [7, 11) is 1.63. The van der Waals surface area contributed by atoms with E-state index in [4.69, 9.17) is 4.74 Å². The zero-order valence-corrected chi connectivity index (χ0v) is 17.6. The first kappa shape index (κ1) is 20.0. The van der Waals surface area contributed by atoms with E-state index in [1.165, 1.54) is 11.8 Å². The van der Waals surface area contributed by atoms with Gasteiger partial charge >= 0.3 is 0 Å². The Morgan fingerprint density at radius 2 is 2.00 bits per heavy atom. The van der Waals surface area contributed by atoms with Gasteiger partial charge in [-0.2, -0.15) is 0 Å². The van der Waals surface area contributed by atoms with Crippen LogP contribution in [-0.4, -0.2) is 37.9 Å². The molecule has 1 N–H and O–H groups in total. The van der Waals surface area contributed by atoms with Crippen LogP contribution >= 0.6 is 11.8 Å². The molecule has 0 saturated heterocycles. The Labute approximate surface area is 179 Å². The molecule has 2 heterocycles. The Balaban J connectivity index is 1.65. The van der Waals surface area contributed by atoms with E-state index in [9.17, 15) is 4.79 Å². The molecule has 0 fully saturated rings. The van der Waals surface area contributed by atoms with Crippen molar-refractivity contribution in [1.82, 2.24) is 19.7 Å². The maximum absolute atomic E-state index is 13.1. The van der Waals surface area contributed by atoms with Crippen molar-refractivity contribution in [1.29, 1.82) is 0 Å². The third-order valence-electron chi connectivity index (χ3n) is 4.88. The second-order valence-corrected chi connectivity index (χ2v) is 8.09. The minimum atomic E-state index is -0.331. The lowest BCUT2D eigenvalue weighted by molar-refractivity contribution is 0.0995. The molecule has 7 heteroatoms. The number of fused-ring (bicyclic) bond motifs is 1. The first-order valence-corrected chi connectivity index (χ1v) is 10.5. The smallest absolute Gasteiger partial charge is 0.192 e. The molecular formula is C23H22N4O2S. The molecule has 4 aromatic rings. The number of carbonyl (C=O) groups excluding carboxylic acids is 1. The molecule has 0 bridgehead atoms. The van der Waals surface area contributed by atoms with Crippen molar-refractivity contribution in [3.05, 3.63) is 72.9 Å². The number of hydrogen-bond donors (Lipinski definition) is 1. The lowest BCUT2D eigenvalue weighted by Crippen LogP contribution is -2.14. The summed E-state index contributed by atoms with van der Waals surface area (Å²) in [6.07, 6.45) is 3.57. The van der Waals surface area contributed by atoms with E-state index in [2.05, 4.69) is 21.8 Å². The Hall–Kier alpha value is -3.32. The van der Waals surface area contributed by atoms with E-state index >= 15 is 0 Å². The van der Waals surface area contributed by atoms with E-state index in [1.54, 1.807) is 19.4 Å². The highest BCUT2D eigenvalue weighted by molar-refractivity contribution is 8.00.